The summed E-state index contributed by atoms with van der Waals surface area (Å²) >= 11 is 0. The zero-order chi connectivity index (χ0) is 25.4. The minimum Gasteiger partial charge on any atom is -0.505 e. The van der Waals surface area contributed by atoms with Crippen molar-refractivity contribution >= 4 is 22.7 Å². The van der Waals surface area contributed by atoms with Crippen LogP contribution in [0.3, 0.4) is 0 Å². The standard InChI is InChI=1S/C27H26N8O2/c1-17(18-4-2-6-21(12-18)34(36)37)31-25-29-11-9-24(32-25)33-16-30-22-13-19(7-8-23(22)33)27-14-20-5-3-10-26(20,15-27)35(27)28/h2,4,6-9,11-13,16-17,20H,3,5,10,14-15H2,1H3,(H,29,31,32)/t17-,20?,26?,27?/m0/s1. The van der Waals surface area contributed by atoms with Gasteiger partial charge in [0.15, 0.2) is 11.1 Å². The van der Waals surface area contributed by atoms with Crippen LogP contribution in [0, 0.1) is 16.0 Å². The van der Waals surface area contributed by atoms with Gasteiger partial charge in [-0.2, -0.15) is 4.98 Å². The van der Waals surface area contributed by atoms with Gasteiger partial charge in [0.05, 0.1) is 28.4 Å². The highest BCUT2D eigenvalue weighted by molar-refractivity contribution is 5.78. The number of rotatable bonds is 6. The van der Waals surface area contributed by atoms with Crippen LogP contribution in [-0.4, -0.2) is 34.7 Å². The van der Waals surface area contributed by atoms with Gasteiger partial charge in [0.2, 0.25) is 5.95 Å². The van der Waals surface area contributed by atoms with Gasteiger partial charge in [-0.3, -0.25) is 14.7 Å². The van der Waals surface area contributed by atoms with Crippen molar-refractivity contribution < 1.29 is 9.62 Å². The summed E-state index contributed by atoms with van der Waals surface area (Å²) in [6.07, 6.45) is 8.98. The topological polar surface area (TPSA) is 124 Å². The fraction of sp³-hybridized carbons (Fsp3) is 0.370. The lowest BCUT2D eigenvalue weighted by molar-refractivity contribution is -0.749. The van der Waals surface area contributed by atoms with Crippen molar-refractivity contribution in [1.29, 1.82) is 0 Å². The van der Waals surface area contributed by atoms with E-state index in [0.29, 0.717) is 17.7 Å². The number of imidazole rings is 1. The van der Waals surface area contributed by atoms with E-state index in [1.54, 1.807) is 29.4 Å². The molecule has 3 unspecified atom stereocenters. The second-order valence-corrected chi connectivity index (χ2v) is 10.7. The normalized spacial score (nSPS) is 26.6. The van der Waals surface area contributed by atoms with Crippen LogP contribution in [0.5, 0.6) is 0 Å². The first kappa shape index (κ1) is 22.0. The van der Waals surface area contributed by atoms with Gasteiger partial charge in [0.1, 0.15) is 12.1 Å². The maximum atomic E-state index is 11.1. The Morgan fingerprint density at radius 1 is 1.24 bits per heavy atom. The first-order chi connectivity index (χ1) is 17.9. The lowest BCUT2D eigenvalue weighted by atomic mass is 9.74. The van der Waals surface area contributed by atoms with Crippen LogP contribution >= 0.6 is 0 Å². The highest BCUT2D eigenvalue weighted by Crippen LogP contribution is 2.68. The number of benzene rings is 2. The predicted octanol–water partition coefficient (Wildman–Crippen LogP) is 5.47. The van der Waals surface area contributed by atoms with Crippen LogP contribution in [0.25, 0.3) is 22.4 Å². The first-order valence-corrected chi connectivity index (χ1v) is 12.7. The van der Waals surface area contributed by atoms with Gasteiger partial charge in [-0.25, -0.2) is 9.97 Å². The number of nitro benzene ring substituents is 1. The zero-order valence-corrected chi connectivity index (χ0v) is 20.4. The third-order valence-electron chi connectivity index (χ3n) is 8.83. The molecule has 4 atom stereocenters. The highest BCUT2D eigenvalue weighted by Gasteiger charge is 2.76. The number of hydrogen-bond acceptors (Lipinski definition) is 6. The van der Waals surface area contributed by atoms with Gasteiger partial charge in [0, 0.05) is 42.7 Å². The zero-order valence-electron chi connectivity index (χ0n) is 20.4. The molecule has 186 valence electrons. The van der Waals surface area contributed by atoms with E-state index in [-0.39, 0.29) is 22.8 Å². The average molecular weight is 495 g/mol. The Morgan fingerprint density at radius 2 is 2.14 bits per heavy atom. The number of non-ortho nitro benzene ring substituents is 1. The lowest BCUT2D eigenvalue weighted by Crippen LogP contribution is -2.58. The molecule has 2 aliphatic carbocycles. The third kappa shape index (κ3) is 3.07. The predicted molar refractivity (Wildman–Crippen MR) is 136 cm³/mol. The van der Waals surface area contributed by atoms with E-state index in [0.717, 1.165) is 41.4 Å². The van der Waals surface area contributed by atoms with E-state index in [2.05, 4.69) is 38.5 Å². The highest BCUT2D eigenvalue weighted by atomic mass is 16.6. The van der Waals surface area contributed by atoms with Gasteiger partial charge >= 0.3 is 0 Å². The summed E-state index contributed by atoms with van der Waals surface area (Å²) in [5.74, 6) is 1.67. The van der Waals surface area contributed by atoms with Crippen molar-refractivity contribution in [3.8, 4) is 5.82 Å². The number of aromatic nitrogens is 4. The Kier molecular flexibility index (Phi) is 4.55. The van der Waals surface area contributed by atoms with E-state index in [1.807, 2.05) is 23.6 Å². The number of nitrogens with zero attached hydrogens (tertiary/aromatic N) is 7. The Labute approximate surface area is 213 Å². The van der Waals surface area contributed by atoms with E-state index in [9.17, 15) is 15.6 Å². The molecule has 10 heteroatoms. The molecule has 2 bridgehead atoms. The van der Waals surface area contributed by atoms with Gasteiger partial charge < -0.3 is 15.5 Å². The van der Waals surface area contributed by atoms with Crippen molar-refractivity contribution in [2.75, 3.05) is 5.32 Å². The minimum atomic E-state index is -0.401. The van der Waals surface area contributed by atoms with Crippen molar-refractivity contribution in [1.82, 2.24) is 19.5 Å². The van der Waals surface area contributed by atoms with Crippen molar-refractivity contribution in [2.45, 2.75) is 56.1 Å². The second kappa shape index (κ2) is 7.64. The maximum Gasteiger partial charge on any atom is 0.269 e. The fourth-order valence-electron chi connectivity index (χ4n) is 7.05. The van der Waals surface area contributed by atoms with Crippen molar-refractivity contribution in [2.24, 2.45) is 5.92 Å². The fourth-order valence-corrected chi connectivity index (χ4v) is 7.05. The Morgan fingerprint density at radius 3 is 2.95 bits per heavy atom. The number of nitro groups is 1. The molecule has 0 radical (unpaired) electrons. The van der Waals surface area contributed by atoms with Gasteiger partial charge in [-0.15, -0.1) is 0 Å². The molecule has 4 aromatic rings. The van der Waals surface area contributed by atoms with Crippen LogP contribution in [0.15, 0.2) is 61.1 Å². The van der Waals surface area contributed by atoms with Gasteiger partial charge in [0.25, 0.3) is 5.69 Å². The largest absolute Gasteiger partial charge is 0.505 e. The summed E-state index contributed by atoms with van der Waals surface area (Å²) in [6.45, 7) is 1.91. The van der Waals surface area contributed by atoms with Crippen molar-refractivity contribution in [3.63, 3.8) is 0 Å². The molecule has 8 rings (SSSR count). The molecule has 2 saturated carbocycles. The monoisotopic (exact) mass is 494 g/mol. The summed E-state index contributed by atoms with van der Waals surface area (Å²) in [7, 11) is 0. The maximum absolute atomic E-state index is 11.1. The summed E-state index contributed by atoms with van der Waals surface area (Å²) in [5, 5.41) is 14.4. The Hall–Kier alpha value is -4.21. The molecule has 1 spiro atoms. The van der Waals surface area contributed by atoms with E-state index in [4.69, 9.17) is 0 Å². The summed E-state index contributed by atoms with van der Waals surface area (Å²) in [5.41, 5.74) is 14.5. The first-order valence-electron chi connectivity index (χ1n) is 12.7. The van der Waals surface area contributed by atoms with Crippen LogP contribution in [0.1, 0.15) is 56.2 Å². The minimum absolute atomic E-state index is 0.000478. The second-order valence-electron chi connectivity index (χ2n) is 10.7. The smallest absolute Gasteiger partial charge is 0.269 e. The number of anilines is 1. The molecular weight excluding hydrogens is 468 g/mol. The van der Waals surface area contributed by atoms with Crippen LogP contribution < -0.4 is 5.32 Å². The molecule has 4 fully saturated rings. The molecule has 0 amide bonds. The molecule has 2 aromatic heterocycles. The average Bonchev–Trinajstić information content (AvgIpc) is 3.64. The molecule has 2 aromatic carbocycles. The van der Waals surface area contributed by atoms with E-state index >= 15 is 0 Å². The molecule has 4 heterocycles. The van der Waals surface area contributed by atoms with Crippen molar-refractivity contribution in [3.05, 3.63) is 87.8 Å². The molecule has 10 nitrogen and oxygen atoms in total. The summed E-state index contributed by atoms with van der Waals surface area (Å²) < 4.78 is 3.59. The summed E-state index contributed by atoms with van der Waals surface area (Å²) in [6, 6.07) is 14.4. The van der Waals surface area contributed by atoms with E-state index in [1.165, 1.54) is 18.9 Å². The molecule has 1 N–H and O–H groups in total. The summed E-state index contributed by atoms with van der Waals surface area (Å²) in [4.78, 5) is 24.4. The quantitative estimate of drug-likeness (QED) is 0.215. The SMILES string of the molecule is C[C@H](Nc1nccc(-n2cnc3cc(C45CC6CCCC6(C4)[N+]5=[N-])ccc32)n1)c1cccc([N+](=O)[O-])c1. The Bertz CT molecular complexity index is 1590. The third-order valence-corrected chi connectivity index (χ3v) is 8.83. The molecule has 4 aliphatic rings. The molecule has 2 saturated heterocycles. The molecular formula is C27H26N8O2. The van der Waals surface area contributed by atoms with Gasteiger partial charge in [-0.1, -0.05) is 12.1 Å². The number of fused-ring (bicyclic) bond motifs is 1. The van der Waals surface area contributed by atoms with Crippen LogP contribution in [0.4, 0.5) is 11.6 Å². The lowest BCUT2D eigenvalue weighted by Gasteiger charge is -2.46. The molecule has 2 aliphatic heterocycles. The number of hydrogen-bond donors (Lipinski definition) is 1. The van der Waals surface area contributed by atoms with Crippen LogP contribution in [0.2, 0.25) is 0 Å². The number of nitrogens with one attached hydrogen (secondary N) is 1. The van der Waals surface area contributed by atoms with Gasteiger partial charge in [-0.05, 0) is 49.6 Å². The van der Waals surface area contributed by atoms with Crippen LogP contribution in [-0.2, 0) is 5.54 Å². The molecule has 37 heavy (non-hydrogen) atoms. The van der Waals surface area contributed by atoms with E-state index < -0.39 is 4.92 Å². The Balaban J connectivity index is 1.15.